The van der Waals surface area contributed by atoms with Crippen molar-refractivity contribution in [3.8, 4) is 0 Å². The predicted octanol–water partition coefficient (Wildman–Crippen LogP) is 3.86. The van der Waals surface area contributed by atoms with Gasteiger partial charge in [0.25, 0.3) is 0 Å². The molecule has 0 amide bonds. The highest BCUT2D eigenvalue weighted by atomic mass is 16.5. The summed E-state index contributed by atoms with van der Waals surface area (Å²) in [6, 6.07) is 9.41. The van der Waals surface area contributed by atoms with Crippen LogP contribution in [0.1, 0.15) is 50.2 Å². The molecule has 1 aliphatic carbocycles. The van der Waals surface area contributed by atoms with Crippen molar-refractivity contribution < 1.29 is 4.74 Å². The highest BCUT2D eigenvalue weighted by molar-refractivity contribution is 5.23. The molecule has 1 N–H and O–H groups in total. The molecule has 112 valence electrons. The second kappa shape index (κ2) is 7.24. The van der Waals surface area contributed by atoms with Gasteiger partial charge >= 0.3 is 0 Å². The van der Waals surface area contributed by atoms with Gasteiger partial charge < -0.3 is 10.1 Å². The van der Waals surface area contributed by atoms with Crippen LogP contribution in [0.5, 0.6) is 0 Å². The quantitative estimate of drug-likeness (QED) is 0.777. The molecule has 0 aliphatic heterocycles. The Kier molecular flexibility index (Phi) is 5.62. The van der Waals surface area contributed by atoms with Crippen LogP contribution in [0.15, 0.2) is 24.3 Å². The zero-order chi connectivity index (χ0) is 14.4. The smallest absolute Gasteiger partial charge is 0.0693 e. The molecule has 0 aromatic heterocycles. The van der Waals surface area contributed by atoms with Gasteiger partial charge in [0.05, 0.1) is 5.60 Å². The predicted molar refractivity (Wildman–Crippen MR) is 85.2 cm³/mol. The SMILES string of the molecule is CCCNC(Cc1cccc(C)c1)CC1(OC)CCC1. The summed E-state index contributed by atoms with van der Waals surface area (Å²) in [6.45, 7) is 5.49. The average molecular weight is 275 g/mol. The van der Waals surface area contributed by atoms with E-state index in [0.717, 1.165) is 19.4 Å². The van der Waals surface area contributed by atoms with Gasteiger partial charge in [0.2, 0.25) is 0 Å². The standard InChI is InChI=1S/C18H29NO/c1-4-11-19-17(14-18(20-3)9-6-10-18)13-16-8-5-7-15(2)12-16/h5,7-8,12,17,19H,4,6,9-11,13-14H2,1-3H3. The van der Waals surface area contributed by atoms with E-state index in [4.69, 9.17) is 4.74 Å². The van der Waals surface area contributed by atoms with Gasteiger partial charge in [-0.1, -0.05) is 36.8 Å². The molecular formula is C18H29NO. The lowest BCUT2D eigenvalue weighted by molar-refractivity contribution is -0.0834. The lowest BCUT2D eigenvalue weighted by atomic mass is 9.75. The van der Waals surface area contributed by atoms with Gasteiger partial charge in [-0.05, 0) is 57.6 Å². The van der Waals surface area contributed by atoms with Crippen molar-refractivity contribution in [2.24, 2.45) is 0 Å². The first-order chi connectivity index (χ1) is 9.67. The third kappa shape index (κ3) is 4.07. The van der Waals surface area contributed by atoms with E-state index < -0.39 is 0 Å². The van der Waals surface area contributed by atoms with Crippen molar-refractivity contribution in [2.45, 2.75) is 64.0 Å². The molecule has 1 atom stereocenters. The molecule has 1 aromatic carbocycles. The number of ether oxygens (including phenoxy) is 1. The van der Waals surface area contributed by atoms with E-state index in [2.05, 4.69) is 43.4 Å². The number of methoxy groups -OCH3 is 1. The van der Waals surface area contributed by atoms with Crippen molar-refractivity contribution in [3.05, 3.63) is 35.4 Å². The van der Waals surface area contributed by atoms with E-state index in [9.17, 15) is 0 Å². The molecule has 1 saturated carbocycles. The molecule has 0 saturated heterocycles. The highest BCUT2D eigenvalue weighted by Gasteiger charge is 2.38. The van der Waals surface area contributed by atoms with Crippen LogP contribution in [-0.4, -0.2) is 25.3 Å². The summed E-state index contributed by atoms with van der Waals surface area (Å²) >= 11 is 0. The highest BCUT2D eigenvalue weighted by Crippen LogP contribution is 2.39. The van der Waals surface area contributed by atoms with Gasteiger partial charge in [0, 0.05) is 13.2 Å². The number of benzene rings is 1. The number of hydrogen-bond acceptors (Lipinski definition) is 2. The van der Waals surface area contributed by atoms with E-state index in [-0.39, 0.29) is 5.60 Å². The first kappa shape index (κ1) is 15.5. The van der Waals surface area contributed by atoms with Gasteiger partial charge in [-0.3, -0.25) is 0 Å². The Morgan fingerprint density at radius 1 is 1.35 bits per heavy atom. The number of aryl methyl sites for hydroxylation is 1. The van der Waals surface area contributed by atoms with Crippen molar-refractivity contribution >= 4 is 0 Å². The van der Waals surface area contributed by atoms with Crippen molar-refractivity contribution in [1.82, 2.24) is 5.32 Å². The van der Waals surface area contributed by atoms with Crippen LogP contribution in [0.25, 0.3) is 0 Å². The van der Waals surface area contributed by atoms with Crippen LogP contribution in [0.3, 0.4) is 0 Å². The molecule has 2 rings (SSSR count). The zero-order valence-electron chi connectivity index (χ0n) is 13.2. The van der Waals surface area contributed by atoms with E-state index in [1.54, 1.807) is 0 Å². The summed E-state index contributed by atoms with van der Waals surface area (Å²) in [7, 11) is 1.88. The van der Waals surface area contributed by atoms with Gasteiger partial charge in [-0.15, -0.1) is 0 Å². The summed E-state index contributed by atoms with van der Waals surface area (Å²) in [5.41, 5.74) is 2.93. The Morgan fingerprint density at radius 2 is 2.15 bits per heavy atom. The monoisotopic (exact) mass is 275 g/mol. The van der Waals surface area contributed by atoms with Crippen molar-refractivity contribution in [3.63, 3.8) is 0 Å². The van der Waals surface area contributed by atoms with Crippen LogP contribution < -0.4 is 5.32 Å². The first-order valence-electron chi connectivity index (χ1n) is 8.01. The maximum Gasteiger partial charge on any atom is 0.0693 e. The summed E-state index contributed by atoms with van der Waals surface area (Å²) in [5, 5.41) is 3.72. The van der Waals surface area contributed by atoms with Crippen LogP contribution >= 0.6 is 0 Å². The Morgan fingerprint density at radius 3 is 2.70 bits per heavy atom. The fraction of sp³-hybridized carbons (Fsp3) is 0.667. The zero-order valence-corrected chi connectivity index (χ0v) is 13.2. The van der Waals surface area contributed by atoms with Crippen LogP contribution in [-0.2, 0) is 11.2 Å². The fourth-order valence-electron chi connectivity index (χ4n) is 3.20. The normalized spacial score (nSPS) is 18.6. The number of hydrogen-bond donors (Lipinski definition) is 1. The molecule has 2 heteroatoms. The minimum absolute atomic E-state index is 0.148. The molecule has 1 aromatic rings. The third-order valence-corrected chi connectivity index (χ3v) is 4.56. The van der Waals surface area contributed by atoms with E-state index in [1.165, 1.54) is 36.8 Å². The molecule has 1 aliphatic rings. The number of rotatable bonds is 8. The maximum absolute atomic E-state index is 5.81. The molecule has 1 unspecified atom stereocenters. The molecule has 1 fully saturated rings. The van der Waals surface area contributed by atoms with Gasteiger partial charge in [0.1, 0.15) is 0 Å². The molecular weight excluding hydrogens is 246 g/mol. The lowest BCUT2D eigenvalue weighted by Crippen LogP contribution is -2.46. The van der Waals surface area contributed by atoms with Gasteiger partial charge in [-0.2, -0.15) is 0 Å². The second-order valence-electron chi connectivity index (χ2n) is 6.29. The van der Waals surface area contributed by atoms with Crippen LogP contribution in [0.4, 0.5) is 0 Å². The Labute approximate surface area is 123 Å². The van der Waals surface area contributed by atoms with Crippen molar-refractivity contribution in [1.29, 1.82) is 0 Å². The minimum atomic E-state index is 0.148. The van der Waals surface area contributed by atoms with E-state index in [1.807, 2.05) is 7.11 Å². The maximum atomic E-state index is 5.81. The molecule has 2 nitrogen and oxygen atoms in total. The van der Waals surface area contributed by atoms with E-state index in [0.29, 0.717) is 6.04 Å². The third-order valence-electron chi connectivity index (χ3n) is 4.56. The Hall–Kier alpha value is -0.860. The number of nitrogens with one attached hydrogen (secondary N) is 1. The Balaban J connectivity index is 1.99. The van der Waals surface area contributed by atoms with E-state index >= 15 is 0 Å². The molecule has 0 spiro atoms. The molecule has 0 radical (unpaired) electrons. The summed E-state index contributed by atoms with van der Waals surface area (Å²) in [6.07, 6.45) is 7.19. The molecule has 20 heavy (non-hydrogen) atoms. The van der Waals surface area contributed by atoms with Gasteiger partial charge in [0.15, 0.2) is 0 Å². The summed E-state index contributed by atoms with van der Waals surface area (Å²) in [5.74, 6) is 0. The fourth-order valence-corrected chi connectivity index (χ4v) is 3.20. The average Bonchev–Trinajstić information content (AvgIpc) is 2.40. The summed E-state index contributed by atoms with van der Waals surface area (Å²) < 4.78 is 5.81. The molecule has 0 bridgehead atoms. The second-order valence-corrected chi connectivity index (χ2v) is 6.29. The largest absolute Gasteiger partial charge is 0.378 e. The Bertz CT molecular complexity index is 406. The minimum Gasteiger partial charge on any atom is -0.378 e. The topological polar surface area (TPSA) is 21.3 Å². The first-order valence-corrected chi connectivity index (χ1v) is 8.01. The van der Waals surface area contributed by atoms with Crippen LogP contribution in [0, 0.1) is 6.92 Å². The lowest BCUT2D eigenvalue weighted by Gasteiger charge is -2.43. The summed E-state index contributed by atoms with van der Waals surface area (Å²) in [4.78, 5) is 0. The molecule has 0 heterocycles. The van der Waals surface area contributed by atoms with Crippen LogP contribution in [0.2, 0.25) is 0 Å². The van der Waals surface area contributed by atoms with Gasteiger partial charge in [-0.25, -0.2) is 0 Å². The van der Waals surface area contributed by atoms with Crippen molar-refractivity contribution in [2.75, 3.05) is 13.7 Å².